The molecule has 1 amide bonds. The number of likely N-dealkylation sites (N-methyl/N-ethyl adjacent to an activating group) is 1. The summed E-state index contributed by atoms with van der Waals surface area (Å²) in [6, 6.07) is 8.15. The maximum Gasteiger partial charge on any atom is 0.254 e. The van der Waals surface area contributed by atoms with Gasteiger partial charge in [0.15, 0.2) is 0 Å². The molecule has 2 rings (SSSR count). The third-order valence-electron chi connectivity index (χ3n) is 3.15. The molecular formula is C13H17IN2O. The zero-order valence-electron chi connectivity index (χ0n) is 9.95. The maximum atomic E-state index is 12.4. The molecular weight excluding hydrogens is 327 g/mol. The number of nitrogens with one attached hydrogen (secondary N) is 1. The third kappa shape index (κ3) is 2.98. The zero-order valence-corrected chi connectivity index (χ0v) is 12.1. The Bertz CT molecular complexity index is 402. The quantitative estimate of drug-likeness (QED) is 0.852. The molecule has 1 atom stereocenters. The van der Waals surface area contributed by atoms with Crippen LogP contribution in [0.25, 0.3) is 0 Å². The fourth-order valence-electron chi connectivity index (χ4n) is 2.26. The van der Waals surface area contributed by atoms with Crippen LogP contribution in [-0.2, 0) is 0 Å². The number of benzene rings is 1. The Labute approximate surface area is 116 Å². The standard InChI is InChI=1S/C13H17IN2O/c1-2-16(12-6-7-15-9-12)13(17)10-4-3-5-11(14)8-10/h3-5,8,12,15H,2,6-7,9H2,1H3. The summed E-state index contributed by atoms with van der Waals surface area (Å²) in [5, 5.41) is 3.31. The number of rotatable bonds is 3. The van der Waals surface area contributed by atoms with E-state index in [-0.39, 0.29) is 5.91 Å². The molecule has 1 aromatic carbocycles. The van der Waals surface area contributed by atoms with Crippen molar-refractivity contribution < 1.29 is 4.79 Å². The van der Waals surface area contributed by atoms with E-state index in [1.54, 1.807) is 0 Å². The number of carbonyl (C=O) groups excluding carboxylic acids is 1. The highest BCUT2D eigenvalue weighted by Gasteiger charge is 2.25. The summed E-state index contributed by atoms with van der Waals surface area (Å²) in [4.78, 5) is 14.4. The average Bonchev–Trinajstić information content (AvgIpc) is 2.83. The van der Waals surface area contributed by atoms with Crippen molar-refractivity contribution in [2.75, 3.05) is 19.6 Å². The average molecular weight is 344 g/mol. The Morgan fingerprint density at radius 3 is 3.00 bits per heavy atom. The first-order chi connectivity index (χ1) is 8.22. The fourth-order valence-corrected chi connectivity index (χ4v) is 2.80. The van der Waals surface area contributed by atoms with Gasteiger partial charge in [0, 0.05) is 28.3 Å². The second-order valence-electron chi connectivity index (χ2n) is 4.25. The topological polar surface area (TPSA) is 32.3 Å². The van der Waals surface area contributed by atoms with Gasteiger partial charge in [-0.15, -0.1) is 0 Å². The van der Waals surface area contributed by atoms with Gasteiger partial charge in [0.25, 0.3) is 5.91 Å². The van der Waals surface area contributed by atoms with E-state index in [2.05, 4.69) is 27.9 Å². The SMILES string of the molecule is CCN(C(=O)c1cccc(I)c1)C1CCNC1. The van der Waals surface area contributed by atoms with Crippen LogP contribution in [0, 0.1) is 3.57 Å². The Balaban J connectivity index is 2.16. The van der Waals surface area contributed by atoms with Gasteiger partial charge in [0.1, 0.15) is 0 Å². The van der Waals surface area contributed by atoms with Gasteiger partial charge in [-0.05, 0) is 60.7 Å². The highest BCUT2D eigenvalue weighted by atomic mass is 127. The van der Waals surface area contributed by atoms with Gasteiger partial charge < -0.3 is 10.2 Å². The Kier molecular flexibility index (Phi) is 4.39. The Hall–Kier alpha value is -0.620. The lowest BCUT2D eigenvalue weighted by Gasteiger charge is -2.27. The first kappa shape index (κ1) is 12.8. The minimum atomic E-state index is 0.153. The van der Waals surface area contributed by atoms with Crippen molar-refractivity contribution in [2.24, 2.45) is 0 Å². The molecule has 1 aliphatic heterocycles. The van der Waals surface area contributed by atoms with Crippen LogP contribution in [0.15, 0.2) is 24.3 Å². The molecule has 0 saturated carbocycles. The minimum absolute atomic E-state index is 0.153. The maximum absolute atomic E-state index is 12.4. The molecule has 4 heteroatoms. The number of hydrogen-bond donors (Lipinski definition) is 1. The summed E-state index contributed by atoms with van der Waals surface area (Å²) in [6.07, 6.45) is 1.06. The summed E-state index contributed by atoms with van der Waals surface area (Å²) in [7, 11) is 0. The number of nitrogens with zero attached hydrogens (tertiary/aromatic N) is 1. The van der Waals surface area contributed by atoms with Crippen LogP contribution in [0.3, 0.4) is 0 Å². The highest BCUT2D eigenvalue weighted by molar-refractivity contribution is 14.1. The van der Waals surface area contributed by atoms with Crippen LogP contribution >= 0.6 is 22.6 Å². The second-order valence-corrected chi connectivity index (χ2v) is 5.49. The summed E-state index contributed by atoms with van der Waals surface area (Å²) in [6.45, 7) is 4.76. The van der Waals surface area contributed by atoms with Gasteiger partial charge in [-0.1, -0.05) is 6.07 Å². The van der Waals surface area contributed by atoms with E-state index in [9.17, 15) is 4.79 Å². The lowest BCUT2D eigenvalue weighted by molar-refractivity contribution is 0.0703. The van der Waals surface area contributed by atoms with Crippen molar-refractivity contribution in [3.8, 4) is 0 Å². The number of carbonyl (C=O) groups is 1. The summed E-state index contributed by atoms with van der Waals surface area (Å²) in [5.74, 6) is 0.153. The van der Waals surface area contributed by atoms with Crippen LogP contribution < -0.4 is 5.32 Å². The lowest BCUT2D eigenvalue weighted by atomic mass is 10.1. The van der Waals surface area contributed by atoms with Crippen molar-refractivity contribution in [3.63, 3.8) is 0 Å². The van der Waals surface area contributed by atoms with E-state index in [0.29, 0.717) is 6.04 Å². The lowest BCUT2D eigenvalue weighted by Crippen LogP contribution is -2.41. The van der Waals surface area contributed by atoms with Gasteiger partial charge >= 0.3 is 0 Å². The largest absolute Gasteiger partial charge is 0.335 e. The van der Waals surface area contributed by atoms with E-state index in [4.69, 9.17) is 0 Å². The predicted molar refractivity (Wildman–Crippen MR) is 77.1 cm³/mol. The van der Waals surface area contributed by atoms with Crippen molar-refractivity contribution >= 4 is 28.5 Å². The molecule has 0 radical (unpaired) electrons. The highest BCUT2D eigenvalue weighted by Crippen LogP contribution is 2.15. The van der Waals surface area contributed by atoms with Gasteiger partial charge in [0.2, 0.25) is 0 Å². The number of hydrogen-bond acceptors (Lipinski definition) is 2. The fraction of sp³-hybridized carbons (Fsp3) is 0.462. The van der Waals surface area contributed by atoms with Crippen molar-refractivity contribution in [1.29, 1.82) is 0 Å². The van der Waals surface area contributed by atoms with E-state index in [1.807, 2.05) is 36.1 Å². The predicted octanol–water partition coefficient (Wildman–Crippen LogP) is 2.12. The normalized spacial score (nSPS) is 19.3. The monoisotopic (exact) mass is 344 g/mol. The summed E-state index contributed by atoms with van der Waals surface area (Å²) in [5.41, 5.74) is 0.797. The molecule has 0 spiro atoms. The van der Waals surface area contributed by atoms with Crippen molar-refractivity contribution in [1.82, 2.24) is 10.2 Å². The Morgan fingerprint density at radius 1 is 1.59 bits per heavy atom. The summed E-state index contributed by atoms with van der Waals surface area (Å²) < 4.78 is 1.11. The zero-order chi connectivity index (χ0) is 12.3. The molecule has 1 heterocycles. The third-order valence-corrected chi connectivity index (χ3v) is 3.82. The smallest absolute Gasteiger partial charge is 0.254 e. The minimum Gasteiger partial charge on any atom is -0.335 e. The van der Waals surface area contributed by atoms with Gasteiger partial charge in [0.05, 0.1) is 0 Å². The molecule has 0 bridgehead atoms. The van der Waals surface area contributed by atoms with Crippen molar-refractivity contribution in [3.05, 3.63) is 33.4 Å². The molecule has 0 aliphatic carbocycles. The molecule has 1 N–H and O–H groups in total. The van der Waals surface area contributed by atoms with Crippen LogP contribution in [0.5, 0.6) is 0 Å². The van der Waals surface area contributed by atoms with E-state index in [1.165, 1.54) is 0 Å². The van der Waals surface area contributed by atoms with Crippen molar-refractivity contribution in [2.45, 2.75) is 19.4 Å². The van der Waals surface area contributed by atoms with Crippen LogP contribution in [0.2, 0.25) is 0 Å². The van der Waals surface area contributed by atoms with E-state index in [0.717, 1.165) is 35.2 Å². The number of halogens is 1. The van der Waals surface area contributed by atoms with Gasteiger partial charge in [-0.2, -0.15) is 0 Å². The molecule has 3 nitrogen and oxygen atoms in total. The Morgan fingerprint density at radius 2 is 2.41 bits per heavy atom. The van der Waals surface area contributed by atoms with E-state index >= 15 is 0 Å². The first-order valence-electron chi connectivity index (χ1n) is 5.99. The van der Waals surface area contributed by atoms with Crippen LogP contribution in [-0.4, -0.2) is 36.5 Å². The molecule has 1 aromatic rings. The molecule has 92 valence electrons. The van der Waals surface area contributed by atoms with Gasteiger partial charge in [-0.3, -0.25) is 4.79 Å². The molecule has 1 fully saturated rings. The van der Waals surface area contributed by atoms with Crippen LogP contribution in [0.1, 0.15) is 23.7 Å². The van der Waals surface area contributed by atoms with E-state index < -0.39 is 0 Å². The molecule has 1 aliphatic rings. The molecule has 17 heavy (non-hydrogen) atoms. The molecule has 0 aromatic heterocycles. The first-order valence-corrected chi connectivity index (χ1v) is 7.07. The summed E-state index contributed by atoms with van der Waals surface area (Å²) >= 11 is 2.24. The second kappa shape index (κ2) is 5.82. The molecule has 1 saturated heterocycles. The van der Waals surface area contributed by atoms with Gasteiger partial charge in [-0.25, -0.2) is 0 Å². The van der Waals surface area contributed by atoms with Crippen LogP contribution in [0.4, 0.5) is 0 Å². The molecule has 1 unspecified atom stereocenters. The number of amides is 1.